The standard InChI is InChI=1S/C38H45N7O5S/c1-25(2)50-37(47)29-23-39-38(42-36(29)30-24-45(7)33-16-12-11-15-28(30)33)41-31-22-32(34(21-26(31)3)44(6)19-18-43(4)5)40-35(46)17-20-51(48,49)27-13-9-8-10-14-27/h8-16,21-25H,17-20H2,1-7H3,(H,40,46)(H,39,41,42). The zero-order valence-electron chi connectivity index (χ0n) is 30.1. The number of benzene rings is 3. The first-order valence-electron chi connectivity index (χ1n) is 16.7. The van der Waals surface area contributed by atoms with E-state index in [1.807, 2.05) is 81.1 Å². The second-order valence-electron chi connectivity index (χ2n) is 13.0. The summed E-state index contributed by atoms with van der Waals surface area (Å²) in [6.45, 7) is 6.96. The third-order valence-corrected chi connectivity index (χ3v) is 10.1. The highest BCUT2D eigenvalue weighted by Crippen LogP contribution is 2.35. The summed E-state index contributed by atoms with van der Waals surface area (Å²) in [4.78, 5) is 40.1. The fraction of sp³-hybridized carbons (Fsp3) is 0.316. The molecule has 2 heterocycles. The SMILES string of the molecule is Cc1cc(N(C)CCN(C)C)c(NC(=O)CCS(=O)(=O)c2ccccc2)cc1Nc1ncc(C(=O)OC(C)C)c(-c2cn(C)c3ccccc23)n1. The van der Waals surface area contributed by atoms with Crippen LogP contribution < -0.4 is 15.5 Å². The van der Waals surface area contributed by atoms with Gasteiger partial charge in [-0.3, -0.25) is 4.79 Å². The van der Waals surface area contributed by atoms with Gasteiger partial charge in [0.2, 0.25) is 11.9 Å². The fourth-order valence-corrected chi connectivity index (χ4v) is 6.89. The molecule has 268 valence electrons. The number of rotatable bonds is 14. The molecule has 51 heavy (non-hydrogen) atoms. The van der Waals surface area contributed by atoms with Crippen molar-refractivity contribution in [1.29, 1.82) is 0 Å². The fourth-order valence-electron chi connectivity index (χ4n) is 5.62. The summed E-state index contributed by atoms with van der Waals surface area (Å²) in [6, 6.07) is 19.7. The van der Waals surface area contributed by atoms with Crippen molar-refractivity contribution in [2.45, 2.75) is 38.2 Å². The van der Waals surface area contributed by atoms with Crippen LogP contribution in [0, 0.1) is 6.92 Å². The van der Waals surface area contributed by atoms with E-state index >= 15 is 0 Å². The van der Waals surface area contributed by atoms with Crippen molar-refractivity contribution in [2.75, 3.05) is 55.5 Å². The Morgan fingerprint density at radius 2 is 1.67 bits per heavy atom. The summed E-state index contributed by atoms with van der Waals surface area (Å²) < 4.78 is 33.3. The Labute approximate surface area is 299 Å². The van der Waals surface area contributed by atoms with Crippen LogP contribution in [0.5, 0.6) is 0 Å². The lowest BCUT2D eigenvalue weighted by Crippen LogP contribution is -2.29. The molecular formula is C38H45N7O5S. The van der Waals surface area contributed by atoms with Gasteiger partial charge in [0.15, 0.2) is 9.84 Å². The number of hydrogen-bond acceptors (Lipinski definition) is 10. The first kappa shape index (κ1) is 37.0. The molecule has 5 rings (SSSR count). The van der Waals surface area contributed by atoms with E-state index in [1.54, 1.807) is 38.1 Å². The molecule has 0 fully saturated rings. The Kier molecular flexibility index (Phi) is 11.4. The van der Waals surface area contributed by atoms with Crippen LogP contribution in [0.2, 0.25) is 0 Å². The maximum atomic E-state index is 13.3. The molecule has 0 aliphatic heterocycles. The number of hydrogen-bond donors (Lipinski definition) is 2. The van der Waals surface area contributed by atoms with Crippen molar-refractivity contribution in [2.24, 2.45) is 7.05 Å². The Morgan fingerprint density at radius 1 is 0.961 bits per heavy atom. The lowest BCUT2D eigenvalue weighted by molar-refractivity contribution is -0.115. The van der Waals surface area contributed by atoms with Crippen molar-refractivity contribution in [3.8, 4) is 11.3 Å². The highest BCUT2D eigenvalue weighted by molar-refractivity contribution is 7.91. The van der Waals surface area contributed by atoms with E-state index in [2.05, 4.69) is 20.5 Å². The molecule has 0 atom stereocenters. The Hall–Kier alpha value is -5.27. The molecule has 0 saturated carbocycles. The molecule has 0 unspecified atom stereocenters. The minimum absolute atomic E-state index is 0.176. The lowest BCUT2D eigenvalue weighted by atomic mass is 10.1. The molecule has 0 spiro atoms. The predicted molar refractivity (Wildman–Crippen MR) is 203 cm³/mol. The summed E-state index contributed by atoms with van der Waals surface area (Å²) >= 11 is 0. The zero-order valence-corrected chi connectivity index (χ0v) is 30.9. The average molecular weight is 712 g/mol. The van der Waals surface area contributed by atoms with E-state index in [0.29, 0.717) is 23.6 Å². The summed E-state index contributed by atoms with van der Waals surface area (Å²) in [5, 5.41) is 7.17. The van der Waals surface area contributed by atoms with Crippen LogP contribution in [-0.4, -0.2) is 85.8 Å². The number of aryl methyl sites for hydroxylation is 2. The lowest BCUT2D eigenvalue weighted by Gasteiger charge is -2.26. The number of amides is 1. The van der Waals surface area contributed by atoms with Crippen LogP contribution in [-0.2, 0) is 26.4 Å². The Balaban J connectivity index is 1.50. The molecule has 0 aliphatic rings. The second kappa shape index (κ2) is 15.7. The topological polar surface area (TPSA) is 139 Å². The van der Waals surface area contributed by atoms with Crippen LogP contribution in [0.25, 0.3) is 22.2 Å². The first-order valence-corrected chi connectivity index (χ1v) is 18.4. The molecule has 13 heteroatoms. The van der Waals surface area contributed by atoms with E-state index < -0.39 is 21.7 Å². The number of para-hydroxylation sites is 1. The van der Waals surface area contributed by atoms with Crippen molar-refractivity contribution < 1.29 is 22.7 Å². The summed E-state index contributed by atoms with van der Waals surface area (Å²) in [7, 11) is 4.21. The number of carbonyl (C=O) groups is 2. The van der Waals surface area contributed by atoms with Crippen molar-refractivity contribution >= 4 is 55.6 Å². The van der Waals surface area contributed by atoms with Gasteiger partial charge in [0.05, 0.1) is 33.8 Å². The van der Waals surface area contributed by atoms with Crippen LogP contribution in [0.15, 0.2) is 84.0 Å². The van der Waals surface area contributed by atoms with Crippen molar-refractivity contribution in [1.82, 2.24) is 19.4 Å². The molecule has 1 amide bonds. The molecule has 3 aromatic carbocycles. The minimum atomic E-state index is -3.64. The number of anilines is 4. The van der Waals surface area contributed by atoms with Gasteiger partial charge in [-0.2, -0.15) is 0 Å². The van der Waals surface area contributed by atoms with E-state index in [9.17, 15) is 18.0 Å². The molecule has 5 aromatic rings. The summed E-state index contributed by atoms with van der Waals surface area (Å²) in [5.41, 5.74) is 5.12. The van der Waals surface area contributed by atoms with Crippen LogP contribution >= 0.6 is 0 Å². The van der Waals surface area contributed by atoms with E-state index in [0.717, 1.165) is 34.3 Å². The van der Waals surface area contributed by atoms with E-state index in [1.165, 1.54) is 18.3 Å². The maximum Gasteiger partial charge on any atom is 0.342 e. The zero-order chi connectivity index (χ0) is 36.9. The molecule has 12 nitrogen and oxygen atoms in total. The average Bonchev–Trinajstić information content (AvgIpc) is 3.43. The summed E-state index contributed by atoms with van der Waals surface area (Å²) in [5.74, 6) is -1.06. The van der Waals surface area contributed by atoms with Gasteiger partial charge in [-0.05, 0) is 70.8 Å². The third kappa shape index (κ3) is 8.91. The van der Waals surface area contributed by atoms with Crippen LogP contribution in [0.4, 0.5) is 23.0 Å². The number of aromatic nitrogens is 3. The minimum Gasteiger partial charge on any atom is -0.459 e. The molecule has 2 aromatic heterocycles. The Morgan fingerprint density at radius 3 is 2.37 bits per heavy atom. The molecule has 0 aliphatic carbocycles. The molecule has 0 saturated heterocycles. The van der Waals surface area contributed by atoms with Crippen molar-refractivity contribution in [3.05, 3.63) is 90.3 Å². The normalized spacial score (nSPS) is 11.6. The number of carbonyl (C=O) groups excluding carboxylic acids is 2. The molecular weight excluding hydrogens is 667 g/mol. The van der Waals surface area contributed by atoms with Crippen LogP contribution in [0.1, 0.15) is 36.2 Å². The quantitative estimate of drug-likeness (QED) is 0.131. The number of nitrogens with zero attached hydrogens (tertiary/aromatic N) is 5. The highest BCUT2D eigenvalue weighted by Gasteiger charge is 2.23. The highest BCUT2D eigenvalue weighted by atomic mass is 32.2. The van der Waals surface area contributed by atoms with Gasteiger partial charge in [-0.15, -0.1) is 0 Å². The first-order chi connectivity index (χ1) is 24.2. The van der Waals surface area contributed by atoms with Gasteiger partial charge in [0.1, 0.15) is 5.56 Å². The number of likely N-dealkylation sites (N-methyl/N-ethyl adjacent to an activating group) is 2. The summed E-state index contributed by atoms with van der Waals surface area (Å²) in [6.07, 6.45) is 2.84. The van der Waals surface area contributed by atoms with Crippen molar-refractivity contribution in [3.63, 3.8) is 0 Å². The molecule has 0 radical (unpaired) electrons. The monoisotopic (exact) mass is 711 g/mol. The third-order valence-electron chi connectivity index (χ3n) is 8.36. The largest absolute Gasteiger partial charge is 0.459 e. The van der Waals surface area contributed by atoms with Gasteiger partial charge in [-0.25, -0.2) is 23.2 Å². The van der Waals surface area contributed by atoms with Gasteiger partial charge >= 0.3 is 5.97 Å². The van der Waals surface area contributed by atoms with Gasteiger partial charge in [-0.1, -0.05) is 36.4 Å². The van der Waals surface area contributed by atoms with Crippen LogP contribution in [0.3, 0.4) is 0 Å². The number of fused-ring (bicyclic) bond motifs is 1. The van der Waals surface area contributed by atoms with Gasteiger partial charge in [0.25, 0.3) is 0 Å². The number of esters is 1. The molecule has 0 bridgehead atoms. The maximum absolute atomic E-state index is 13.3. The van der Waals surface area contributed by atoms with E-state index in [-0.39, 0.29) is 34.7 Å². The second-order valence-corrected chi connectivity index (χ2v) is 15.2. The Bertz CT molecular complexity index is 2150. The van der Waals surface area contributed by atoms with Gasteiger partial charge in [0, 0.05) is 68.2 Å². The number of sulfone groups is 1. The number of nitrogens with one attached hydrogen (secondary N) is 2. The van der Waals surface area contributed by atoms with E-state index in [4.69, 9.17) is 9.72 Å². The predicted octanol–water partition coefficient (Wildman–Crippen LogP) is 6.05. The number of ether oxygens (including phenoxy) is 1. The molecule has 2 N–H and O–H groups in total. The van der Waals surface area contributed by atoms with Gasteiger partial charge < -0.3 is 29.7 Å². The smallest absolute Gasteiger partial charge is 0.342 e.